The number of nitrogens with one attached hydrogen (secondary N) is 1. The largest absolute Gasteiger partial charge is 0.322 e. The molecule has 3 rings (SSSR count). The summed E-state index contributed by atoms with van der Waals surface area (Å²) < 4.78 is 15.2. The maximum Gasteiger partial charge on any atom is 0.263 e. The zero-order valence-electron chi connectivity index (χ0n) is 13.1. The predicted molar refractivity (Wildman–Crippen MR) is 98.3 cm³/mol. The monoisotopic (exact) mass is 400 g/mol. The van der Waals surface area contributed by atoms with Crippen LogP contribution in [-0.4, -0.2) is 10.5 Å². The van der Waals surface area contributed by atoms with Crippen LogP contribution in [0.5, 0.6) is 0 Å². The van der Waals surface area contributed by atoms with Crippen LogP contribution < -0.4 is 10.9 Å². The minimum absolute atomic E-state index is 0.0459. The average molecular weight is 401 g/mol. The van der Waals surface area contributed by atoms with Gasteiger partial charge >= 0.3 is 0 Å². The van der Waals surface area contributed by atoms with Crippen LogP contribution in [0.1, 0.15) is 15.9 Å². The van der Waals surface area contributed by atoms with E-state index in [4.69, 9.17) is 0 Å². The Morgan fingerprint density at radius 3 is 2.56 bits per heavy atom. The highest BCUT2D eigenvalue weighted by Gasteiger charge is 2.12. The number of hydrogen-bond acceptors (Lipinski definition) is 2. The maximum absolute atomic E-state index is 13.0. The summed E-state index contributed by atoms with van der Waals surface area (Å²) >= 11 is 3.33. The summed E-state index contributed by atoms with van der Waals surface area (Å²) in [7, 11) is 0. The Morgan fingerprint density at radius 2 is 1.84 bits per heavy atom. The molecule has 4 nitrogen and oxygen atoms in total. The molecule has 1 N–H and O–H groups in total. The van der Waals surface area contributed by atoms with E-state index in [1.165, 1.54) is 22.8 Å². The van der Waals surface area contributed by atoms with E-state index >= 15 is 0 Å². The van der Waals surface area contributed by atoms with Crippen LogP contribution in [0, 0.1) is 5.82 Å². The van der Waals surface area contributed by atoms with Crippen LogP contribution >= 0.6 is 15.9 Å². The van der Waals surface area contributed by atoms with Gasteiger partial charge in [-0.1, -0.05) is 34.1 Å². The molecule has 0 radical (unpaired) electrons. The van der Waals surface area contributed by atoms with Crippen molar-refractivity contribution in [2.75, 3.05) is 5.32 Å². The first-order valence-electron chi connectivity index (χ1n) is 7.54. The number of rotatable bonds is 4. The van der Waals surface area contributed by atoms with Crippen molar-refractivity contribution in [1.82, 2.24) is 4.57 Å². The van der Waals surface area contributed by atoms with Crippen molar-refractivity contribution in [3.63, 3.8) is 0 Å². The van der Waals surface area contributed by atoms with Crippen molar-refractivity contribution in [2.24, 2.45) is 0 Å². The number of hydrogen-bond donors (Lipinski definition) is 1. The number of pyridine rings is 1. The lowest BCUT2D eigenvalue weighted by Gasteiger charge is -2.09. The Bertz CT molecular complexity index is 968. The molecule has 3 aromatic rings. The molecule has 0 saturated heterocycles. The van der Waals surface area contributed by atoms with Crippen LogP contribution in [0.2, 0.25) is 0 Å². The number of aromatic nitrogens is 1. The number of anilines is 1. The molecule has 126 valence electrons. The molecule has 0 atom stereocenters. The summed E-state index contributed by atoms with van der Waals surface area (Å²) in [5.74, 6) is -0.810. The zero-order chi connectivity index (χ0) is 17.8. The molecule has 0 aliphatic rings. The summed E-state index contributed by atoms with van der Waals surface area (Å²) in [4.78, 5) is 25.0. The number of carbonyl (C=O) groups excluding carboxylic acids is 1. The van der Waals surface area contributed by atoms with Crippen LogP contribution in [-0.2, 0) is 6.54 Å². The van der Waals surface area contributed by atoms with E-state index in [-0.39, 0.29) is 17.9 Å². The van der Waals surface area contributed by atoms with Crippen molar-refractivity contribution < 1.29 is 9.18 Å². The first kappa shape index (κ1) is 17.1. The van der Waals surface area contributed by atoms with Gasteiger partial charge in [0.2, 0.25) is 0 Å². The fourth-order valence-corrected chi connectivity index (χ4v) is 2.78. The number of amides is 1. The molecule has 0 fully saturated rings. The Labute approximate surface area is 152 Å². The molecule has 0 unspecified atom stereocenters. The van der Waals surface area contributed by atoms with Gasteiger partial charge in [0.25, 0.3) is 11.5 Å². The summed E-state index contributed by atoms with van der Waals surface area (Å²) in [6, 6.07) is 16.1. The van der Waals surface area contributed by atoms with Gasteiger partial charge in [0, 0.05) is 16.4 Å². The summed E-state index contributed by atoms with van der Waals surface area (Å²) in [6.45, 7) is 0.261. The molecule has 0 aliphatic carbocycles. The van der Waals surface area contributed by atoms with Crippen LogP contribution in [0.15, 0.2) is 76.1 Å². The lowest BCUT2D eigenvalue weighted by molar-refractivity contribution is 0.102. The molecular weight excluding hydrogens is 387 g/mol. The Kier molecular flexibility index (Phi) is 5.09. The van der Waals surface area contributed by atoms with Gasteiger partial charge in [-0.3, -0.25) is 9.59 Å². The summed E-state index contributed by atoms with van der Waals surface area (Å²) in [5.41, 5.74) is 1.00. The van der Waals surface area contributed by atoms with Crippen LogP contribution in [0.3, 0.4) is 0 Å². The summed E-state index contributed by atoms with van der Waals surface area (Å²) in [6.07, 6.45) is 1.60. The van der Waals surface area contributed by atoms with Crippen molar-refractivity contribution in [3.05, 3.63) is 98.6 Å². The first-order valence-corrected chi connectivity index (χ1v) is 8.33. The Morgan fingerprint density at radius 1 is 1.08 bits per heavy atom. The molecule has 2 aromatic carbocycles. The van der Waals surface area contributed by atoms with Crippen LogP contribution in [0.4, 0.5) is 10.1 Å². The Hall–Kier alpha value is -2.73. The quantitative estimate of drug-likeness (QED) is 0.717. The number of nitrogens with zero attached hydrogens (tertiary/aromatic N) is 1. The molecule has 1 heterocycles. The SMILES string of the molecule is O=C(Nc1cccc(Br)c1)c1cccn(Cc2ccc(F)cc2)c1=O. The molecule has 1 amide bonds. The lowest BCUT2D eigenvalue weighted by atomic mass is 10.2. The normalized spacial score (nSPS) is 10.5. The molecule has 0 saturated carbocycles. The first-order chi connectivity index (χ1) is 12.0. The lowest BCUT2D eigenvalue weighted by Crippen LogP contribution is -2.29. The highest BCUT2D eigenvalue weighted by Crippen LogP contribution is 2.16. The third-order valence-electron chi connectivity index (χ3n) is 3.61. The molecule has 0 spiro atoms. The van der Waals surface area contributed by atoms with Crippen LogP contribution in [0.25, 0.3) is 0 Å². The zero-order valence-corrected chi connectivity index (χ0v) is 14.7. The molecular formula is C19H14BrFN2O2. The van der Waals surface area contributed by atoms with Crippen molar-refractivity contribution in [1.29, 1.82) is 0 Å². The molecule has 0 bridgehead atoms. The molecule has 25 heavy (non-hydrogen) atoms. The molecule has 0 aliphatic heterocycles. The second kappa shape index (κ2) is 7.44. The predicted octanol–water partition coefficient (Wildman–Crippen LogP) is 4.05. The van der Waals surface area contributed by atoms with E-state index in [0.717, 1.165) is 10.0 Å². The van der Waals surface area contributed by atoms with Crippen molar-refractivity contribution in [2.45, 2.75) is 6.54 Å². The fourth-order valence-electron chi connectivity index (χ4n) is 2.39. The second-order valence-electron chi connectivity index (χ2n) is 5.45. The smallest absolute Gasteiger partial charge is 0.263 e. The number of halogens is 2. The van der Waals surface area contributed by atoms with Gasteiger partial charge in [0.15, 0.2) is 0 Å². The van der Waals surface area contributed by atoms with Gasteiger partial charge in [-0.25, -0.2) is 4.39 Å². The Balaban J connectivity index is 1.84. The molecule has 1 aromatic heterocycles. The van der Waals surface area contributed by atoms with Crippen molar-refractivity contribution in [3.8, 4) is 0 Å². The van der Waals surface area contributed by atoms with E-state index in [1.807, 2.05) is 6.07 Å². The number of carbonyl (C=O) groups is 1. The van der Waals surface area contributed by atoms with Gasteiger partial charge < -0.3 is 9.88 Å². The standard InChI is InChI=1S/C19H14BrFN2O2/c20-14-3-1-4-16(11-14)22-18(24)17-5-2-10-23(19(17)25)12-13-6-8-15(21)9-7-13/h1-11H,12H2,(H,22,24). The van der Waals surface area contributed by atoms with Gasteiger partial charge in [0.05, 0.1) is 6.54 Å². The van der Waals surface area contributed by atoms with E-state index in [2.05, 4.69) is 21.2 Å². The average Bonchev–Trinajstić information content (AvgIpc) is 2.58. The van der Waals surface area contributed by atoms with E-state index in [1.54, 1.807) is 42.6 Å². The fraction of sp³-hybridized carbons (Fsp3) is 0.0526. The van der Waals surface area contributed by atoms with Crippen molar-refractivity contribution >= 4 is 27.5 Å². The van der Waals surface area contributed by atoms with Gasteiger partial charge in [-0.2, -0.15) is 0 Å². The van der Waals surface area contributed by atoms with E-state index < -0.39 is 11.5 Å². The maximum atomic E-state index is 13.0. The highest BCUT2D eigenvalue weighted by molar-refractivity contribution is 9.10. The molecule has 6 heteroatoms. The van der Waals surface area contributed by atoms with Gasteiger partial charge in [-0.05, 0) is 48.0 Å². The number of benzene rings is 2. The minimum atomic E-state index is -0.475. The van der Waals surface area contributed by atoms with Gasteiger partial charge in [0.1, 0.15) is 11.4 Å². The topological polar surface area (TPSA) is 51.1 Å². The second-order valence-corrected chi connectivity index (χ2v) is 6.36. The summed E-state index contributed by atoms with van der Waals surface area (Å²) in [5, 5.41) is 2.71. The van der Waals surface area contributed by atoms with E-state index in [9.17, 15) is 14.0 Å². The minimum Gasteiger partial charge on any atom is -0.322 e. The van der Waals surface area contributed by atoms with Gasteiger partial charge in [-0.15, -0.1) is 0 Å². The third kappa shape index (κ3) is 4.22. The third-order valence-corrected chi connectivity index (χ3v) is 4.11. The van der Waals surface area contributed by atoms with E-state index in [0.29, 0.717) is 5.69 Å². The highest BCUT2D eigenvalue weighted by atomic mass is 79.9.